The Labute approximate surface area is 109 Å². The molecule has 0 bridgehead atoms. The molecule has 0 aromatic heterocycles. The van der Waals surface area contributed by atoms with Crippen molar-refractivity contribution in [1.29, 1.82) is 0 Å². The molecule has 4 nitrogen and oxygen atoms in total. The Balaban J connectivity index is 3.88. The molecule has 1 atom stereocenters. The van der Waals surface area contributed by atoms with Crippen LogP contribution in [0.15, 0.2) is 11.1 Å². The summed E-state index contributed by atoms with van der Waals surface area (Å²) in [5.74, 6) is -1.39. The molecule has 1 unspecified atom stereocenters. The van der Waals surface area contributed by atoms with Crippen LogP contribution in [0, 0.1) is 5.92 Å². The fourth-order valence-corrected chi connectivity index (χ4v) is 1.43. The lowest BCUT2D eigenvalue weighted by Crippen LogP contribution is -2.21. The van der Waals surface area contributed by atoms with Gasteiger partial charge in [-0.2, -0.15) is 0 Å². The summed E-state index contributed by atoms with van der Waals surface area (Å²) < 4.78 is 9.38. The molecule has 0 aromatic carbocycles. The Morgan fingerprint density at radius 2 is 1.61 bits per heavy atom. The highest BCUT2D eigenvalue weighted by atomic mass is 16.6. The summed E-state index contributed by atoms with van der Waals surface area (Å²) in [5.41, 5.74) is 2.68. The largest absolute Gasteiger partial charge is 0.458 e. The maximum atomic E-state index is 11.1. The minimum atomic E-state index is -0.911. The van der Waals surface area contributed by atoms with E-state index in [0.717, 1.165) is 12.8 Å². The topological polar surface area (TPSA) is 52.6 Å². The standard InChI is InChI=1S/C14H24O4/c1-6-17-13(15)14(16)18-8-7-11(4)9-12(5)10(2)3/h11H,6-9H2,1-5H3. The van der Waals surface area contributed by atoms with Crippen molar-refractivity contribution in [3.8, 4) is 0 Å². The fourth-order valence-electron chi connectivity index (χ4n) is 1.43. The Kier molecular flexibility index (Phi) is 8.08. The van der Waals surface area contributed by atoms with Crippen LogP contribution in [0.1, 0.15) is 47.5 Å². The zero-order chi connectivity index (χ0) is 14.1. The SMILES string of the molecule is CCOC(=O)C(=O)OCCC(C)CC(C)=C(C)C. The van der Waals surface area contributed by atoms with Crippen LogP contribution in [0.25, 0.3) is 0 Å². The molecule has 0 rings (SSSR count). The average Bonchev–Trinajstić information content (AvgIpc) is 2.28. The number of rotatable bonds is 6. The van der Waals surface area contributed by atoms with E-state index >= 15 is 0 Å². The molecule has 0 aliphatic rings. The Hall–Kier alpha value is -1.32. The van der Waals surface area contributed by atoms with Crippen molar-refractivity contribution in [2.75, 3.05) is 13.2 Å². The quantitative estimate of drug-likeness (QED) is 0.416. The molecule has 0 radical (unpaired) electrons. The number of hydrogen-bond donors (Lipinski definition) is 0. The van der Waals surface area contributed by atoms with Gasteiger partial charge in [-0.15, -0.1) is 0 Å². The summed E-state index contributed by atoms with van der Waals surface area (Å²) in [6.45, 7) is 10.5. The lowest BCUT2D eigenvalue weighted by molar-refractivity contribution is -0.167. The molecule has 0 N–H and O–H groups in total. The van der Waals surface area contributed by atoms with Crippen LogP contribution < -0.4 is 0 Å². The van der Waals surface area contributed by atoms with E-state index in [9.17, 15) is 9.59 Å². The number of allylic oxidation sites excluding steroid dienone is 2. The third kappa shape index (κ3) is 7.09. The molecule has 18 heavy (non-hydrogen) atoms. The van der Waals surface area contributed by atoms with E-state index in [0.29, 0.717) is 5.92 Å². The highest BCUT2D eigenvalue weighted by molar-refractivity contribution is 6.29. The second kappa shape index (κ2) is 8.72. The minimum absolute atomic E-state index is 0.185. The summed E-state index contributed by atoms with van der Waals surface area (Å²) >= 11 is 0. The smallest absolute Gasteiger partial charge is 0.417 e. The van der Waals surface area contributed by atoms with E-state index < -0.39 is 11.9 Å². The number of carbonyl (C=O) groups excluding carboxylic acids is 2. The van der Waals surface area contributed by atoms with Gasteiger partial charge in [0.25, 0.3) is 0 Å². The van der Waals surface area contributed by atoms with E-state index in [-0.39, 0.29) is 13.2 Å². The van der Waals surface area contributed by atoms with Crippen LogP contribution in [0.5, 0.6) is 0 Å². The molecule has 0 aliphatic heterocycles. The Bertz CT molecular complexity index is 314. The van der Waals surface area contributed by atoms with Gasteiger partial charge in [-0.25, -0.2) is 9.59 Å². The highest BCUT2D eigenvalue weighted by Crippen LogP contribution is 2.17. The molecule has 104 valence electrons. The number of ether oxygens (including phenoxy) is 2. The van der Waals surface area contributed by atoms with E-state index in [1.165, 1.54) is 11.1 Å². The van der Waals surface area contributed by atoms with Crippen molar-refractivity contribution < 1.29 is 19.1 Å². The van der Waals surface area contributed by atoms with Gasteiger partial charge < -0.3 is 9.47 Å². The summed E-state index contributed by atoms with van der Waals surface area (Å²) in [6, 6.07) is 0. The maximum Gasteiger partial charge on any atom is 0.417 e. The number of hydrogen-bond acceptors (Lipinski definition) is 4. The molecular formula is C14H24O4. The second-order valence-electron chi connectivity index (χ2n) is 4.73. The Morgan fingerprint density at radius 3 is 2.11 bits per heavy atom. The van der Waals surface area contributed by atoms with Gasteiger partial charge >= 0.3 is 11.9 Å². The minimum Gasteiger partial charge on any atom is -0.458 e. The molecule has 4 heteroatoms. The van der Waals surface area contributed by atoms with Crippen molar-refractivity contribution >= 4 is 11.9 Å². The van der Waals surface area contributed by atoms with Crippen molar-refractivity contribution in [3.63, 3.8) is 0 Å². The van der Waals surface area contributed by atoms with Crippen LogP contribution in [0.4, 0.5) is 0 Å². The van der Waals surface area contributed by atoms with Gasteiger partial charge in [-0.1, -0.05) is 18.1 Å². The first-order chi connectivity index (χ1) is 8.38. The Morgan fingerprint density at radius 1 is 1.06 bits per heavy atom. The van der Waals surface area contributed by atoms with Gasteiger partial charge in [-0.05, 0) is 46.5 Å². The van der Waals surface area contributed by atoms with Crippen LogP contribution >= 0.6 is 0 Å². The van der Waals surface area contributed by atoms with Gasteiger partial charge in [0, 0.05) is 0 Å². The first-order valence-electron chi connectivity index (χ1n) is 6.35. The lowest BCUT2D eigenvalue weighted by atomic mass is 9.97. The normalized spacial score (nSPS) is 11.6. The predicted octanol–water partition coefficient (Wildman–Crippen LogP) is 2.87. The van der Waals surface area contributed by atoms with Crippen molar-refractivity contribution in [1.82, 2.24) is 0 Å². The van der Waals surface area contributed by atoms with Crippen molar-refractivity contribution in [3.05, 3.63) is 11.1 Å². The lowest BCUT2D eigenvalue weighted by Gasteiger charge is -2.12. The predicted molar refractivity (Wildman–Crippen MR) is 70.0 cm³/mol. The van der Waals surface area contributed by atoms with E-state index in [2.05, 4.69) is 32.4 Å². The summed E-state index contributed by atoms with van der Waals surface area (Å²) in [4.78, 5) is 22.1. The van der Waals surface area contributed by atoms with Crippen LogP contribution in [-0.4, -0.2) is 25.2 Å². The summed E-state index contributed by atoms with van der Waals surface area (Å²) in [6.07, 6.45) is 1.73. The zero-order valence-corrected chi connectivity index (χ0v) is 12.0. The molecule has 0 aromatic rings. The third-order valence-electron chi connectivity index (χ3n) is 2.79. The zero-order valence-electron chi connectivity index (χ0n) is 12.0. The summed E-state index contributed by atoms with van der Waals surface area (Å²) in [5, 5.41) is 0. The average molecular weight is 256 g/mol. The fraction of sp³-hybridized carbons (Fsp3) is 0.714. The van der Waals surface area contributed by atoms with E-state index in [1.54, 1.807) is 6.92 Å². The monoisotopic (exact) mass is 256 g/mol. The molecule has 0 amide bonds. The molecule has 0 aliphatic carbocycles. The van der Waals surface area contributed by atoms with Crippen molar-refractivity contribution in [2.24, 2.45) is 5.92 Å². The molecule has 0 saturated carbocycles. The van der Waals surface area contributed by atoms with Crippen molar-refractivity contribution in [2.45, 2.75) is 47.5 Å². The molecule has 0 spiro atoms. The second-order valence-corrected chi connectivity index (χ2v) is 4.73. The highest BCUT2D eigenvalue weighted by Gasteiger charge is 2.16. The molecular weight excluding hydrogens is 232 g/mol. The molecule has 0 fully saturated rings. The van der Waals surface area contributed by atoms with Crippen LogP contribution in [0.2, 0.25) is 0 Å². The summed E-state index contributed by atoms with van der Waals surface area (Å²) in [7, 11) is 0. The maximum absolute atomic E-state index is 11.1. The van der Waals surface area contributed by atoms with Gasteiger partial charge in [0.1, 0.15) is 0 Å². The third-order valence-corrected chi connectivity index (χ3v) is 2.79. The van der Waals surface area contributed by atoms with E-state index in [4.69, 9.17) is 4.74 Å². The van der Waals surface area contributed by atoms with Gasteiger partial charge in [0.15, 0.2) is 0 Å². The van der Waals surface area contributed by atoms with Crippen LogP contribution in [-0.2, 0) is 19.1 Å². The number of esters is 2. The number of carbonyl (C=O) groups is 2. The van der Waals surface area contributed by atoms with Crippen LogP contribution in [0.3, 0.4) is 0 Å². The molecule has 0 saturated heterocycles. The van der Waals surface area contributed by atoms with Gasteiger partial charge in [0.2, 0.25) is 0 Å². The molecule has 0 heterocycles. The first-order valence-corrected chi connectivity index (χ1v) is 6.35. The first kappa shape index (κ1) is 16.7. The van der Waals surface area contributed by atoms with E-state index in [1.807, 2.05) is 0 Å². The van der Waals surface area contributed by atoms with Gasteiger partial charge in [0.05, 0.1) is 13.2 Å². The van der Waals surface area contributed by atoms with Gasteiger partial charge in [-0.3, -0.25) is 0 Å².